The van der Waals surface area contributed by atoms with Crippen LogP contribution in [0.4, 0.5) is 0 Å². The Labute approximate surface area is 200 Å². The number of hydrogen-bond acceptors (Lipinski definition) is 5. The summed E-state index contributed by atoms with van der Waals surface area (Å²) in [5.74, 6) is -1.39. The highest BCUT2D eigenvalue weighted by atomic mass is 16.6. The lowest BCUT2D eigenvalue weighted by Gasteiger charge is -2.26. The van der Waals surface area contributed by atoms with E-state index in [1.807, 2.05) is 85.8 Å². The second-order valence-corrected chi connectivity index (χ2v) is 9.22. The summed E-state index contributed by atoms with van der Waals surface area (Å²) < 4.78 is 5.72. The summed E-state index contributed by atoms with van der Waals surface area (Å²) in [4.78, 5) is 29.7. The molecule has 34 heavy (non-hydrogen) atoms. The lowest BCUT2D eigenvalue weighted by molar-refractivity contribution is -0.483. The Morgan fingerprint density at radius 1 is 0.941 bits per heavy atom. The molecule has 0 fully saturated rings. The topological polar surface area (TPSA) is 81.8 Å². The number of nitrogens with zero attached hydrogens (tertiary/aromatic N) is 2. The van der Waals surface area contributed by atoms with Gasteiger partial charge in [-0.05, 0) is 33.3 Å². The van der Waals surface area contributed by atoms with Gasteiger partial charge in [0, 0.05) is 16.1 Å². The molecule has 0 aliphatic rings. The van der Waals surface area contributed by atoms with Crippen molar-refractivity contribution in [3.05, 3.63) is 117 Å². The summed E-state index contributed by atoms with van der Waals surface area (Å²) >= 11 is 0. The average Bonchev–Trinajstić information content (AvgIpc) is 2.78. The molecule has 176 valence electrons. The molecule has 3 rings (SSSR count). The van der Waals surface area contributed by atoms with Crippen LogP contribution >= 0.6 is 0 Å². The van der Waals surface area contributed by atoms with Crippen molar-refractivity contribution in [2.45, 2.75) is 45.3 Å². The van der Waals surface area contributed by atoms with Gasteiger partial charge >= 0.3 is 5.97 Å². The minimum atomic E-state index is -1.11. The lowest BCUT2D eigenvalue weighted by Crippen LogP contribution is -2.37. The largest absolute Gasteiger partial charge is 0.458 e. The van der Waals surface area contributed by atoms with Crippen LogP contribution in [0.1, 0.15) is 48.9 Å². The van der Waals surface area contributed by atoms with Crippen molar-refractivity contribution in [1.82, 2.24) is 0 Å². The third-order valence-corrected chi connectivity index (χ3v) is 5.21. The molecule has 0 heterocycles. The summed E-state index contributed by atoms with van der Waals surface area (Å²) in [5.41, 5.74) is 3.06. The molecule has 6 heteroatoms. The third kappa shape index (κ3) is 6.85. The fourth-order valence-electron chi connectivity index (χ4n) is 3.76. The first-order valence-corrected chi connectivity index (χ1v) is 11.2. The smallest absolute Gasteiger partial charge is 0.332 e. The Morgan fingerprint density at radius 2 is 1.50 bits per heavy atom. The Morgan fingerprint density at radius 3 is 1.97 bits per heavy atom. The molecule has 3 aromatic rings. The van der Waals surface area contributed by atoms with Crippen LogP contribution in [0.5, 0.6) is 0 Å². The first-order chi connectivity index (χ1) is 16.1. The standard InChI is InChI=1S/C28H30N2O4/c1-20-12-11-17-23(18-20)24(19-30(32)33)26(27(31)34-28(2,3)4)29-25(21-13-7-5-8-14-21)22-15-9-6-10-16-22/h5-18,24,26H,19H2,1-4H3/t24-,26+/m1/s1. The van der Waals surface area contributed by atoms with Crippen molar-refractivity contribution in [3.8, 4) is 0 Å². The maximum Gasteiger partial charge on any atom is 0.332 e. The second-order valence-electron chi connectivity index (χ2n) is 9.22. The number of carbonyl (C=O) groups excluding carboxylic acids is 1. The predicted octanol–water partition coefficient (Wildman–Crippen LogP) is 5.60. The summed E-state index contributed by atoms with van der Waals surface area (Å²) in [6.07, 6.45) is 0. The quantitative estimate of drug-likeness (QED) is 0.190. The van der Waals surface area contributed by atoms with Gasteiger partial charge in [0.05, 0.1) is 11.6 Å². The molecule has 0 N–H and O–H groups in total. The van der Waals surface area contributed by atoms with Gasteiger partial charge in [0.25, 0.3) is 0 Å². The maximum absolute atomic E-state index is 13.5. The molecule has 0 amide bonds. The summed E-state index contributed by atoms with van der Waals surface area (Å²) in [6.45, 7) is 6.79. The number of benzene rings is 3. The fraction of sp³-hybridized carbons (Fsp3) is 0.286. The molecule has 0 saturated carbocycles. The van der Waals surface area contributed by atoms with Crippen molar-refractivity contribution in [2.75, 3.05) is 6.54 Å². The third-order valence-electron chi connectivity index (χ3n) is 5.21. The van der Waals surface area contributed by atoms with Gasteiger partial charge in [0.15, 0.2) is 6.04 Å². The molecule has 6 nitrogen and oxygen atoms in total. The van der Waals surface area contributed by atoms with Crippen molar-refractivity contribution >= 4 is 11.7 Å². The van der Waals surface area contributed by atoms with Gasteiger partial charge in [-0.15, -0.1) is 0 Å². The molecular weight excluding hydrogens is 428 g/mol. The van der Waals surface area contributed by atoms with Crippen LogP contribution in [0.3, 0.4) is 0 Å². The number of carbonyl (C=O) groups is 1. The van der Waals surface area contributed by atoms with E-state index in [0.717, 1.165) is 16.7 Å². The van der Waals surface area contributed by atoms with E-state index in [1.54, 1.807) is 26.8 Å². The van der Waals surface area contributed by atoms with Crippen molar-refractivity contribution in [1.29, 1.82) is 0 Å². The van der Waals surface area contributed by atoms with E-state index in [-0.39, 0.29) is 0 Å². The number of nitro groups is 1. The van der Waals surface area contributed by atoms with Crippen LogP contribution < -0.4 is 0 Å². The molecule has 0 spiro atoms. The van der Waals surface area contributed by atoms with Gasteiger partial charge in [-0.25, -0.2) is 4.79 Å². The van der Waals surface area contributed by atoms with Gasteiger partial charge in [-0.2, -0.15) is 0 Å². The summed E-state index contributed by atoms with van der Waals surface area (Å²) in [6, 6.07) is 25.3. The van der Waals surface area contributed by atoms with Crippen LogP contribution in [-0.4, -0.2) is 34.8 Å². The van der Waals surface area contributed by atoms with Crippen LogP contribution in [0, 0.1) is 17.0 Å². The minimum Gasteiger partial charge on any atom is -0.458 e. The van der Waals surface area contributed by atoms with E-state index < -0.39 is 35.0 Å². The predicted molar refractivity (Wildman–Crippen MR) is 134 cm³/mol. The van der Waals surface area contributed by atoms with E-state index >= 15 is 0 Å². The summed E-state index contributed by atoms with van der Waals surface area (Å²) in [5, 5.41) is 11.7. The van der Waals surface area contributed by atoms with Gasteiger partial charge in [-0.1, -0.05) is 90.5 Å². The first-order valence-electron chi connectivity index (χ1n) is 11.2. The number of esters is 1. The van der Waals surface area contributed by atoms with Crippen molar-refractivity contribution in [2.24, 2.45) is 4.99 Å². The monoisotopic (exact) mass is 458 g/mol. The Kier molecular flexibility index (Phi) is 7.95. The zero-order valence-electron chi connectivity index (χ0n) is 20.0. The highest BCUT2D eigenvalue weighted by Crippen LogP contribution is 2.28. The Balaban J connectivity index is 2.23. The number of hydrogen-bond donors (Lipinski definition) is 0. The molecule has 2 atom stereocenters. The van der Waals surface area contributed by atoms with E-state index in [0.29, 0.717) is 11.3 Å². The molecule has 0 aliphatic heterocycles. The van der Waals surface area contributed by atoms with E-state index in [2.05, 4.69) is 0 Å². The molecule has 0 radical (unpaired) electrons. The Hall–Kier alpha value is -3.80. The van der Waals surface area contributed by atoms with E-state index in [1.165, 1.54) is 0 Å². The van der Waals surface area contributed by atoms with Gasteiger partial charge in [-0.3, -0.25) is 15.1 Å². The van der Waals surface area contributed by atoms with Crippen LogP contribution in [0.25, 0.3) is 0 Å². The minimum absolute atomic E-state index is 0.398. The molecular formula is C28H30N2O4. The first kappa shape index (κ1) is 24.8. The molecule has 0 saturated heterocycles. The number of ether oxygens (including phenoxy) is 1. The Bertz CT molecular complexity index is 1110. The maximum atomic E-state index is 13.5. The molecule has 0 bridgehead atoms. The fourth-order valence-corrected chi connectivity index (χ4v) is 3.76. The molecule has 3 aromatic carbocycles. The highest BCUT2D eigenvalue weighted by Gasteiger charge is 2.37. The molecule has 0 aliphatic carbocycles. The molecule has 0 unspecified atom stereocenters. The highest BCUT2D eigenvalue weighted by molar-refractivity contribution is 6.13. The zero-order chi connectivity index (χ0) is 24.7. The van der Waals surface area contributed by atoms with Gasteiger partial charge < -0.3 is 4.74 Å². The number of aliphatic imine (C=N–C) groups is 1. The van der Waals surface area contributed by atoms with E-state index in [9.17, 15) is 14.9 Å². The number of aryl methyl sites for hydroxylation is 1. The normalized spacial score (nSPS) is 12.9. The number of rotatable bonds is 8. The zero-order valence-corrected chi connectivity index (χ0v) is 20.0. The second kappa shape index (κ2) is 10.9. The van der Waals surface area contributed by atoms with Crippen LogP contribution in [-0.2, 0) is 9.53 Å². The van der Waals surface area contributed by atoms with Crippen molar-refractivity contribution < 1.29 is 14.5 Å². The lowest BCUT2D eigenvalue weighted by atomic mass is 9.89. The average molecular weight is 459 g/mol. The van der Waals surface area contributed by atoms with Crippen LogP contribution in [0.2, 0.25) is 0 Å². The van der Waals surface area contributed by atoms with Crippen molar-refractivity contribution in [3.63, 3.8) is 0 Å². The SMILES string of the molecule is Cc1cccc([C@@H](C[N+](=O)[O-])[C@H](N=C(c2ccccc2)c2ccccc2)C(=O)OC(C)(C)C)c1. The van der Waals surface area contributed by atoms with Gasteiger partial charge in [0.2, 0.25) is 6.54 Å². The summed E-state index contributed by atoms with van der Waals surface area (Å²) in [7, 11) is 0. The van der Waals surface area contributed by atoms with E-state index in [4.69, 9.17) is 9.73 Å². The van der Waals surface area contributed by atoms with Gasteiger partial charge in [0.1, 0.15) is 5.60 Å². The van der Waals surface area contributed by atoms with Crippen LogP contribution in [0.15, 0.2) is 89.9 Å². The molecule has 0 aromatic heterocycles.